The molecule has 7 heteroatoms. The Hall–Kier alpha value is -3.48. The van der Waals surface area contributed by atoms with Gasteiger partial charge >= 0.3 is 0 Å². The minimum absolute atomic E-state index is 0.115. The summed E-state index contributed by atoms with van der Waals surface area (Å²) in [5.41, 5.74) is 5.57. The molecule has 31 heavy (non-hydrogen) atoms. The molecular weight excluding hydrogens is 388 g/mol. The average Bonchev–Trinajstić information content (AvgIpc) is 3.54. The van der Waals surface area contributed by atoms with Gasteiger partial charge in [-0.25, -0.2) is 4.68 Å². The van der Waals surface area contributed by atoms with Crippen LogP contribution in [-0.4, -0.2) is 36.7 Å². The van der Waals surface area contributed by atoms with E-state index in [1.54, 1.807) is 0 Å². The highest BCUT2D eigenvalue weighted by Crippen LogP contribution is 2.34. The minimum Gasteiger partial charge on any atom is -0.353 e. The summed E-state index contributed by atoms with van der Waals surface area (Å²) >= 11 is 0. The highest BCUT2D eigenvalue weighted by atomic mass is 16.1. The van der Waals surface area contributed by atoms with Crippen molar-refractivity contribution in [1.82, 2.24) is 30.1 Å². The van der Waals surface area contributed by atoms with Crippen LogP contribution in [0.3, 0.4) is 0 Å². The number of aryl methyl sites for hydroxylation is 1. The molecule has 1 aliphatic carbocycles. The predicted molar refractivity (Wildman–Crippen MR) is 120 cm³/mol. The molecule has 0 radical (unpaired) electrons. The second-order valence-corrected chi connectivity index (χ2v) is 8.27. The number of hydrogen-bond donors (Lipinski definition) is 1. The second-order valence-electron chi connectivity index (χ2n) is 8.27. The SMILES string of the molecule is CCC(=O)N[C@H]1CCC(n2nncc2-c2ccc(-c3ccc4c(cnn4C)c3)cc2)C1. The molecule has 0 bridgehead atoms. The number of aromatic nitrogens is 5. The quantitative estimate of drug-likeness (QED) is 0.533. The van der Waals surface area contributed by atoms with Crippen LogP contribution in [0, 0.1) is 0 Å². The number of rotatable bonds is 5. The Balaban J connectivity index is 1.36. The molecule has 4 aromatic rings. The first-order chi connectivity index (χ1) is 15.1. The van der Waals surface area contributed by atoms with E-state index >= 15 is 0 Å². The van der Waals surface area contributed by atoms with E-state index in [4.69, 9.17) is 0 Å². The maximum Gasteiger partial charge on any atom is 0.219 e. The maximum absolute atomic E-state index is 11.7. The lowest BCUT2D eigenvalue weighted by Crippen LogP contribution is -2.32. The highest BCUT2D eigenvalue weighted by molar-refractivity contribution is 5.84. The molecule has 5 rings (SSSR count). The number of carbonyl (C=O) groups is 1. The largest absolute Gasteiger partial charge is 0.353 e. The molecule has 0 spiro atoms. The molecule has 1 aliphatic rings. The van der Waals surface area contributed by atoms with Crippen LogP contribution in [-0.2, 0) is 11.8 Å². The summed E-state index contributed by atoms with van der Waals surface area (Å²) in [5, 5.41) is 17.1. The van der Waals surface area contributed by atoms with Gasteiger partial charge in [-0.05, 0) is 42.5 Å². The molecule has 1 amide bonds. The molecule has 1 fully saturated rings. The third-order valence-electron chi connectivity index (χ3n) is 6.27. The summed E-state index contributed by atoms with van der Waals surface area (Å²) in [6, 6.07) is 15.4. The van der Waals surface area contributed by atoms with Crippen molar-refractivity contribution < 1.29 is 4.79 Å². The summed E-state index contributed by atoms with van der Waals surface area (Å²) in [4.78, 5) is 11.7. The highest BCUT2D eigenvalue weighted by Gasteiger charge is 2.29. The van der Waals surface area contributed by atoms with Gasteiger partial charge in [0.05, 0.1) is 29.6 Å². The molecule has 1 saturated carbocycles. The summed E-state index contributed by atoms with van der Waals surface area (Å²) < 4.78 is 3.91. The third kappa shape index (κ3) is 3.71. The summed E-state index contributed by atoms with van der Waals surface area (Å²) in [6.45, 7) is 1.88. The van der Waals surface area contributed by atoms with Gasteiger partial charge in [-0.2, -0.15) is 5.10 Å². The van der Waals surface area contributed by atoms with Crippen LogP contribution in [0.5, 0.6) is 0 Å². The van der Waals surface area contributed by atoms with E-state index in [9.17, 15) is 4.79 Å². The lowest BCUT2D eigenvalue weighted by Gasteiger charge is -2.15. The molecule has 0 aliphatic heterocycles. The first kappa shape index (κ1) is 19.5. The van der Waals surface area contributed by atoms with Crippen LogP contribution in [0.15, 0.2) is 54.9 Å². The molecule has 1 unspecified atom stereocenters. The molecule has 7 nitrogen and oxygen atoms in total. The molecule has 158 valence electrons. The van der Waals surface area contributed by atoms with E-state index in [0.717, 1.165) is 47.0 Å². The van der Waals surface area contributed by atoms with E-state index in [0.29, 0.717) is 6.42 Å². The molecule has 2 aromatic carbocycles. The van der Waals surface area contributed by atoms with Gasteiger partial charge in [0.2, 0.25) is 5.91 Å². The van der Waals surface area contributed by atoms with E-state index < -0.39 is 0 Å². The number of nitrogens with one attached hydrogen (secondary N) is 1. The van der Waals surface area contributed by atoms with E-state index in [1.807, 2.05) is 35.7 Å². The van der Waals surface area contributed by atoms with Crippen molar-refractivity contribution >= 4 is 16.8 Å². The van der Waals surface area contributed by atoms with Crippen LogP contribution in [0.25, 0.3) is 33.3 Å². The summed E-state index contributed by atoms with van der Waals surface area (Å²) in [7, 11) is 1.96. The first-order valence-electron chi connectivity index (χ1n) is 10.8. The Labute approximate surface area is 181 Å². The standard InChI is InChI=1S/C24H26N6O/c1-3-24(31)27-20-9-10-21(13-20)30-23(15-25-28-30)17-6-4-16(5-7-17)18-8-11-22-19(12-18)14-26-29(22)2/h4-8,11-12,14-15,20-21H,3,9-10,13H2,1-2H3,(H,27,31)/t20-,21?/m0/s1. The predicted octanol–water partition coefficient (Wildman–Crippen LogP) is 4.12. The van der Waals surface area contributed by atoms with Crippen LogP contribution in [0.1, 0.15) is 38.6 Å². The number of nitrogens with zero attached hydrogens (tertiary/aromatic N) is 5. The number of fused-ring (bicyclic) bond motifs is 1. The molecule has 1 N–H and O–H groups in total. The van der Waals surface area contributed by atoms with Crippen molar-refractivity contribution in [3.63, 3.8) is 0 Å². The normalized spacial score (nSPS) is 18.5. The van der Waals surface area contributed by atoms with Crippen LogP contribution in [0.4, 0.5) is 0 Å². The Morgan fingerprint density at radius 3 is 2.65 bits per heavy atom. The zero-order chi connectivity index (χ0) is 21.4. The number of benzene rings is 2. The van der Waals surface area contributed by atoms with Gasteiger partial charge in [-0.3, -0.25) is 9.48 Å². The monoisotopic (exact) mass is 414 g/mol. The number of hydrogen-bond acceptors (Lipinski definition) is 4. The minimum atomic E-state index is 0.115. The van der Waals surface area contributed by atoms with Gasteiger partial charge in [-0.1, -0.05) is 42.5 Å². The number of carbonyl (C=O) groups excluding carboxylic acids is 1. The Morgan fingerprint density at radius 1 is 1.06 bits per heavy atom. The van der Waals surface area contributed by atoms with Crippen molar-refractivity contribution in [2.75, 3.05) is 0 Å². The summed E-state index contributed by atoms with van der Waals surface area (Å²) in [5.74, 6) is 0.115. The fourth-order valence-corrected chi connectivity index (χ4v) is 4.54. The average molecular weight is 415 g/mol. The van der Waals surface area contributed by atoms with Crippen molar-refractivity contribution in [2.24, 2.45) is 7.05 Å². The van der Waals surface area contributed by atoms with Crippen LogP contribution < -0.4 is 5.32 Å². The Kier molecular flexibility index (Phi) is 5.02. The number of amides is 1. The van der Waals surface area contributed by atoms with Crippen molar-refractivity contribution in [3.8, 4) is 22.4 Å². The summed E-state index contributed by atoms with van der Waals surface area (Å²) in [6.07, 6.45) is 7.12. The smallest absolute Gasteiger partial charge is 0.219 e. The van der Waals surface area contributed by atoms with Gasteiger partial charge in [0.15, 0.2) is 0 Å². The fraction of sp³-hybridized carbons (Fsp3) is 0.333. The molecule has 2 heterocycles. The van der Waals surface area contributed by atoms with Crippen molar-refractivity contribution in [3.05, 3.63) is 54.9 Å². The topological polar surface area (TPSA) is 77.6 Å². The third-order valence-corrected chi connectivity index (χ3v) is 6.27. The molecule has 2 aromatic heterocycles. The van der Waals surface area contributed by atoms with E-state index in [1.165, 1.54) is 5.56 Å². The van der Waals surface area contributed by atoms with Crippen molar-refractivity contribution in [1.29, 1.82) is 0 Å². The van der Waals surface area contributed by atoms with E-state index in [-0.39, 0.29) is 18.0 Å². The van der Waals surface area contributed by atoms with Gasteiger partial charge in [0, 0.05) is 30.5 Å². The van der Waals surface area contributed by atoms with Gasteiger partial charge in [-0.15, -0.1) is 5.10 Å². The molecule has 2 atom stereocenters. The Bertz CT molecular complexity index is 1220. The van der Waals surface area contributed by atoms with Gasteiger partial charge < -0.3 is 5.32 Å². The van der Waals surface area contributed by atoms with Crippen LogP contribution in [0.2, 0.25) is 0 Å². The van der Waals surface area contributed by atoms with Crippen LogP contribution >= 0.6 is 0 Å². The first-order valence-corrected chi connectivity index (χ1v) is 10.8. The Morgan fingerprint density at radius 2 is 1.84 bits per heavy atom. The zero-order valence-corrected chi connectivity index (χ0v) is 17.8. The maximum atomic E-state index is 11.7. The molecular formula is C24H26N6O. The van der Waals surface area contributed by atoms with E-state index in [2.05, 4.69) is 63.2 Å². The zero-order valence-electron chi connectivity index (χ0n) is 17.8. The lowest BCUT2D eigenvalue weighted by molar-refractivity contribution is -0.121. The van der Waals surface area contributed by atoms with Crippen molar-refractivity contribution in [2.45, 2.75) is 44.7 Å². The lowest BCUT2D eigenvalue weighted by atomic mass is 10.0. The second kappa shape index (κ2) is 7.98. The fourth-order valence-electron chi connectivity index (χ4n) is 4.54. The van der Waals surface area contributed by atoms with Gasteiger partial charge in [0.1, 0.15) is 0 Å². The molecule has 0 saturated heterocycles. The van der Waals surface area contributed by atoms with Gasteiger partial charge in [0.25, 0.3) is 0 Å².